The van der Waals surface area contributed by atoms with Crippen LogP contribution in [0.5, 0.6) is 0 Å². The molecule has 0 heterocycles. The molecule has 0 aromatic heterocycles. The maximum atomic E-state index is 9.58. The van der Waals surface area contributed by atoms with Crippen LogP contribution in [-0.2, 0) is 0 Å². The first-order valence-electron chi connectivity index (χ1n) is 3.70. The van der Waals surface area contributed by atoms with Gasteiger partial charge in [-0.05, 0) is 5.41 Å². The Hall–Kier alpha value is -0.300. The van der Waals surface area contributed by atoms with Crippen LogP contribution in [0.1, 0.15) is 27.7 Å². The van der Waals surface area contributed by atoms with Crippen molar-refractivity contribution >= 4 is 0 Å². The van der Waals surface area contributed by atoms with E-state index in [4.69, 9.17) is 0 Å². The van der Waals surface area contributed by atoms with Gasteiger partial charge in [-0.25, -0.2) is 0 Å². The molecule has 0 aromatic rings. The zero-order chi connectivity index (χ0) is 8.36. The lowest BCUT2D eigenvalue weighted by atomic mass is 9.82. The number of rotatable bonds is 2. The van der Waals surface area contributed by atoms with E-state index in [1.165, 1.54) is 0 Å². The SMILES string of the molecule is C=C[C@H](C)[C@H](O)C(C)(C)C. The van der Waals surface area contributed by atoms with Crippen molar-refractivity contribution in [3.8, 4) is 0 Å². The van der Waals surface area contributed by atoms with Gasteiger partial charge in [0.15, 0.2) is 0 Å². The number of aliphatic hydroxyl groups excluding tert-OH is 1. The summed E-state index contributed by atoms with van der Waals surface area (Å²) in [5.74, 6) is 0.181. The van der Waals surface area contributed by atoms with E-state index in [2.05, 4.69) is 6.58 Å². The largest absolute Gasteiger partial charge is 0.392 e. The Kier molecular flexibility index (Phi) is 3.10. The fourth-order valence-corrected chi connectivity index (χ4v) is 0.918. The van der Waals surface area contributed by atoms with Crippen LogP contribution >= 0.6 is 0 Å². The fraction of sp³-hybridized carbons (Fsp3) is 0.778. The van der Waals surface area contributed by atoms with E-state index in [1.807, 2.05) is 27.7 Å². The summed E-state index contributed by atoms with van der Waals surface area (Å²) in [7, 11) is 0. The predicted octanol–water partition coefficient (Wildman–Crippen LogP) is 2.22. The minimum atomic E-state index is -0.287. The Morgan fingerprint density at radius 1 is 1.40 bits per heavy atom. The summed E-state index contributed by atoms with van der Waals surface area (Å²) in [6.07, 6.45) is 1.50. The van der Waals surface area contributed by atoms with Crippen molar-refractivity contribution in [2.24, 2.45) is 11.3 Å². The van der Waals surface area contributed by atoms with Gasteiger partial charge in [-0.1, -0.05) is 33.8 Å². The summed E-state index contributed by atoms with van der Waals surface area (Å²) in [5, 5.41) is 9.58. The summed E-state index contributed by atoms with van der Waals surface area (Å²) in [5.41, 5.74) is -0.0341. The molecule has 0 aliphatic carbocycles. The Labute approximate surface area is 63.8 Å². The van der Waals surface area contributed by atoms with Crippen LogP contribution in [0.15, 0.2) is 12.7 Å². The molecule has 2 atom stereocenters. The highest BCUT2D eigenvalue weighted by Gasteiger charge is 2.25. The molecule has 0 fully saturated rings. The van der Waals surface area contributed by atoms with Gasteiger partial charge in [0.1, 0.15) is 0 Å². The van der Waals surface area contributed by atoms with E-state index in [9.17, 15) is 5.11 Å². The maximum Gasteiger partial charge on any atom is 0.0648 e. The molecule has 1 nitrogen and oxygen atoms in total. The molecule has 60 valence electrons. The van der Waals surface area contributed by atoms with Crippen molar-refractivity contribution in [1.82, 2.24) is 0 Å². The molecule has 0 unspecified atom stereocenters. The first-order chi connectivity index (χ1) is 4.39. The lowest BCUT2D eigenvalue weighted by molar-refractivity contribution is 0.0339. The van der Waals surface area contributed by atoms with Crippen LogP contribution in [-0.4, -0.2) is 11.2 Å². The van der Waals surface area contributed by atoms with Crippen molar-refractivity contribution in [3.63, 3.8) is 0 Å². The molecule has 0 saturated carbocycles. The van der Waals surface area contributed by atoms with Crippen molar-refractivity contribution < 1.29 is 5.11 Å². The summed E-state index contributed by atoms with van der Waals surface area (Å²) >= 11 is 0. The van der Waals surface area contributed by atoms with E-state index in [1.54, 1.807) is 6.08 Å². The van der Waals surface area contributed by atoms with Gasteiger partial charge in [0.25, 0.3) is 0 Å². The van der Waals surface area contributed by atoms with Gasteiger partial charge in [0.2, 0.25) is 0 Å². The second kappa shape index (κ2) is 3.20. The minimum absolute atomic E-state index is 0.0341. The first kappa shape index (κ1) is 9.70. The second-order valence-electron chi connectivity index (χ2n) is 3.91. The van der Waals surface area contributed by atoms with Crippen LogP contribution in [0.25, 0.3) is 0 Å². The van der Waals surface area contributed by atoms with Gasteiger partial charge in [-0.2, -0.15) is 0 Å². The number of hydrogen-bond donors (Lipinski definition) is 1. The molecular weight excluding hydrogens is 124 g/mol. The lowest BCUT2D eigenvalue weighted by Gasteiger charge is -2.29. The van der Waals surface area contributed by atoms with Crippen LogP contribution in [0.4, 0.5) is 0 Å². The summed E-state index contributed by atoms with van der Waals surface area (Å²) < 4.78 is 0. The molecule has 0 amide bonds. The number of aliphatic hydroxyl groups is 1. The fourth-order valence-electron chi connectivity index (χ4n) is 0.918. The molecule has 1 heteroatoms. The quantitative estimate of drug-likeness (QED) is 0.586. The third-order valence-electron chi connectivity index (χ3n) is 1.76. The topological polar surface area (TPSA) is 20.2 Å². The Morgan fingerprint density at radius 2 is 1.80 bits per heavy atom. The van der Waals surface area contributed by atoms with Crippen molar-refractivity contribution in [3.05, 3.63) is 12.7 Å². The van der Waals surface area contributed by atoms with Gasteiger partial charge in [0, 0.05) is 5.92 Å². The Bertz CT molecular complexity index is 110. The van der Waals surface area contributed by atoms with E-state index in [0.717, 1.165) is 0 Å². The minimum Gasteiger partial charge on any atom is -0.392 e. The Balaban J connectivity index is 4.07. The van der Waals surface area contributed by atoms with Crippen LogP contribution in [0.2, 0.25) is 0 Å². The van der Waals surface area contributed by atoms with Crippen molar-refractivity contribution in [1.29, 1.82) is 0 Å². The molecule has 1 N–H and O–H groups in total. The van der Waals surface area contributed by atoms with Gasteiger partial charge in [0.05, 0.1) is 6.10 Å². The maximum absolute atomic E-state index is 9.58. The molecular formula is C9H18O. The zero-order valence-corrected chi connectivity index (χ0v) is 7.39. The summed E-state index contributed by atoms with van der Waals surface area (Å²) in [6, 6.07) is 0. The smallest absolute Gasteiger partial charge is 0.0648 e. The van der Waals surface area contributed by atoms with Gasteiger partial charge < -0.3 is 5.11 Å². The molecule has 10 heavy (non-hydrogen) atoms. The lowest BCUT2D eigenvalue weighted by Crippen LogP contribution is -2.31. The average Bonchev–Trinajstić information content (AvgIpc) is 1.83. The van der Waals surface area contributed by atoms with Crippen molar-refractivity contribution in [2.75, 3.05) is 0 Å². The highest BCUT2D eigenvalue weighted by molar-refractivity contribution is 4.87. The van der Waals surface area contributed by atoms with E-state index in [0.29, 0.717) is 0 Å². The molecule has 0 saturated heterocycles. The van der Waals surface area contributed by atoms with Crippen LogP contribution < -0.4 is 0 Å². The first-order valence-corrected chi connectivity index (χ1v) is 3.70. The highest BCUT2D eigenvalue weighted by atomic mass is 16.3. The van der Waals surface area contributed by atoms with E-state index < -0.39 is 0 Å². The number of hydrogen-bond acceptors (Lipinski definition) is 1. The molecule has 0 aliphatic heterocycles. The van der Waals surface area contributed by atoms with Gasteiger partial charge >= 0.3 is 0 Å². The monoisotopic (exact) mass is 142 g/mol. The second-order valence-corrected chi connectivity index (χ2v) is 3.91. The van der Waals surface area contributed by atoms with Gasteiger partial charge in [-0.15, -0.1) is 6.58 Å². The molecule has 0 aliphatic rings. The third kappa shape index (κ3) is 2.53. The average molecular weight is 142 g/mol. The van der Waals surface area contributed by atoms with E-state index >= 15 is 0 Å². The van der Waals surface area contributed by atoms with Crippen molar-refractivity contribution in [2.45, 2.75) is 33.8 Å². The molecule has 0 bridgehead atoms. The standard InChI is InChI=1S/C9H18O/c1-6-7(2)8(10)9(3,4)5/h6-8,10H,1H2,2-5H3/t7-,8-/m0/s1. The molecule has 0 aromatic carbocycles. The third-order valence-corrected chi connectivity index (χ3v) is 1.76. The zero-order valence-electron chi connectivity index (χ0n) is 7.39. The van der Waals surface area contributed by atoms with Crippen LogP contribution in [0, 0.1) is 11.3 Å². The normalized spacial score (nSPS) is 18.1. The molecule has 0 rings (SSSR count). The summed E-state index contributed by atoms with van der Waals surface area (Å²) in [4.78, 5) is 0. The highest BCUT2D eigenvalue weighted by Crippen LogP contribution is 2.25. The van der Waals surface area contributed by atoms with Crippen LogP contribution in [0.3, 0.4) is 0 Å². The summed E-state index contributed by atoms with van der Waals surface area (Å²) in [6.45, 7) is 11.7. The van der Waals surface area contributed by atoms with E-state index in [-0.39, 0.29) is 17.4 Å². The van der Waals surface area contributed by atoms with Gasteiger partial charge in [-0.3, -0.25) is 0 Å². The Morgan fingerprint density at radius 3 is 1.90 bits per heavy atom. The molecule has 0 spiro atoms. The molecule has 0 radical (unpaired) electrons. The predicted molar refractivity (Wildman–Crippen MR) is 44.8 cm³/mol.